The van der Waals surface area contributed by atoms with E-state index in [1.807, 2.05) is 63.2 Å². The highest BCUT2D eigenvalue weighted by Gasteiger charge is 2.20. The number of aromatic amines is 1. The average molecular weight is 416 g/mol. The van der Waals surface area contributed by atoms with Crippen LogP contribution in [0.3, 0.4) is 0 Å². The first-order valence-corrected chi connectivity index (χ1v) is 10.0. The maximum Gasteiger partial charge on any atom is 0.272 e. The van der Waals surface area contributed by atoms with E-state index in [1.54, 1.807) is 18.2 Å². The molecule has 2 aromatic heterocycles. The fraction of sp³-hybridized carbons (Fsp3) is 0.208. The molecule has 0 atom stereocenters. The lowest BCUT2D eigenvalue weighted by Crippen LogP contribution is -2.15. The van der Waals surface area contributed by atoms with Gasteiger partial charge in [0.1, 0.15) is 11.5 Å². The quantitative estimate of drug-likeness (QED) is 0.431. The van der Waals surface area contributed by atoms with Gasteiger partial charge in [-0.15, -0.1) is 0 Å². The number of carbonyl (C=O) groups is 2. The maximum atomic E-state index is 12.5. The van der Waals surface area contributed by atoms with Crippen molar-refractivity contribution < 1.29 is 14.1 Å². The minimum Gasteiger partial charge on any atom is -0.359 e. The Kier molecular flexibility index (Phi) is 5.33. The van der Waals surface area contributed by atoms with Gasteiger partial charge in [0.25, 0.3) is 5.91 Å². The lowest BCUT2D eigenvalue weighted by molar-refractivity contribution is -0.115. The smallest absolute Gasteiger partial charge is 0.272 e. The van der Waals surface area contributed by atoms with Gasteiger partial charge in [0, 0.05) is 28.1 Å². The van der Waals surface area contributed by atoms with Crippen molar-refractivity contribution in [3.05, 3.63) is 77.7 Å². The molecule has 0 aliphatic carbocycles. The number of rotatable bonds is 5. The normalized spacial score (nSPS) is 11.5. The molecule has 2 heterocycles. The summed E-state index contributed by atoms with van der Waals surface area (Å²) in [6.07, 6.45) is 0.188. The molecule has 0 aliphatic rings. The average Bonchev–Trinajstić information content (AvgIpc) is 3.36. The Hall–Kier alpha value is -3.87. The van der Waals surface area contributed by atoms with Gasteiger partial charge in [-0.25, -0.2) is 0 Å². The van der Waals surface area contributed by atoms with Gasteiger partial charge in [-0.3, -0.25) is 9.59 Å². The monoisotopic (exact) mass is 416 g/mol. The summed E-state index contributed by atoms with van der Waals surface area (Å²) in [4.78, 5) is 27.9. The van der Waals surface area contributed by atoms with E-state index >= 15 is 0 Å². The largest absolute Gasteiger partial charge is 0.359 e. The molecule has 0 bridgehead atoms. The number of H-pyrrole nitrogens is 1. The predicted molar refractivity (Wildman–Crippen MR) is 120 cm³/mol. The number of benzene rings is 2. The van der Waals surface area contributed by atoms with Crippen molar-refractivity contribution in [2.75, 3.05) is 10.6 Å². The van der Waals surface area contributed by atoms with Crippen LogP contribution < -0.4 is 10.6 Å². The van der Waals surface area contributed by atoms with Crippen molar-refractivity contribution in [2.45, 2.75) is 32.6 Å². The highest BCUT2D eigenvalue weighted by Crippen LogP contribution is 2.24. The molecule has 31 heavy (non-hydrogen) atoms. The summed E-state index contributed by atoms with van der Waals surface area (Å²) >= 11 is 0. The van der Waals surface area contributed by atoms with Crippen molar-refractivity contribution in [3.8, 4) is 0 Å². The fourth-order valence-corrected chi connectivity index (χ4v) is 3.16. The number of nitrogens with zero attached hydrogens (tertiary/aromatic N) is 1. The van der Waals surface area contributed by atoms with E-state index in [0.717, 1.165) is 16.5 Å². The standard InChI is InChI=1S/C24H24N4O3/c1-24(2,3)20-14-21(28-31-20)27-22(29)12-15-8-10-17(11-9-15)25-23(30)19-13-16-6-4-5-7-18(16)26-19/h4-11,13-14,26H,12H2,1-3H3,(H,25,30)(H,27,28,29). The van der Waals surface area contributed by atoms with Crippen LogP contribution in [0.2, 0.25) is 0 Å². The van der Waals surface area contributed by atoms with Crippen LogP contribution in [0.4, 0.5) is 11.5 Å². The van der Waals surface area contributed by atoms with Crippen LogP contribution in [0.1, 0.15) is 42.6 Å². The molecule has 0 aliphatic heterocycles. The number of fused-ring (bicyclic) bond motifs is 1. The number of amides is 2. The van der Waals surface area contributed by atoms with Crippen LogP contribution in [0, 0.1) is 0 Å². The number of anilines is 2. The van der Waals surface area contributed by atoms with E-state index in [1.165, 1.54) is 0 Å². The molecule has 0 unspecified atom stereocenters. The van der Waals surface area contributed by atoms with Crippen LogP contribution >= 0.6 is 0 Å². The first kappa shape index (κ1) is 20.4. The zero-order valence-electron chi connectivity index (χ0n) is 17.7. The van der Waals surface area contributed by atoms with Crippen LogP contribution in [0.15, 0.2) is 65.2 Å². The highest BCUT2D eigenvalue weighted by molar-refractivity contribution is 6.05. The molecular formula is C24H24N4O3. The number of aromatic nitrogens is 2. The summed E-state index contributed by atoms with van der Waals surface area (Å²) in [5.41, 5.74) is 2.70. The Morgan fingerprint density at radius 1 is 1.00 bits per heavy atom. The summed E-state index contributed by atoms with van der Waals surface area (Å²) in [6.45, 7) is 6.03. The van der Waals surface area contributed by atoms with E-state index in [0.29, 0.717) is 23.0 Å². The van der Waals surface area contributed by atoms with Crippen molar-refractivity contribution in [1.82, 2.24) is 10.1 Å². The second kappa shape index (κ2) is 8.10. The lowest BCUT2D eigenvalue weighted by atomic mass is 9.93. The number of carbonyl (C=O) groups excluding carboxylic acids is 2. The van der Waals surface area contributed by atoms with E-state index < -0.39 is 0 Å². The van der Waals surface area contributed by atoms with Crippen molar-refractivity contribution in [1.29, 1.82) is 0 Å². The summed E-state index contributed by atoms with van der Waals surface area (Å²) in [5, 5.41) is 10.5. The van der Waals surface area contributed by atoms with Gasteiger partial charge in [-0.1, -0.05) is 56.3 Å². The minimum atomic E-state index is -0.220. The van der Waals surface area contributed by atoms with Gasteiger partial charge < -0.3 is 20.1 Å². The van der Waals surface area contributed by atoms with Crippen molar-refractivity contribution in [3.63, 3.8) is 0 Å². The number of nitrogens with one attached hydrogen (secondary N) is 3. The molecule has 0 saturated heterocycles. The zero-order valence-corrected chi connectivity index (χ0v) is 17.7. The third kappa shape index (κ3) is 4.83. The molecule has 0 fully saturated rings. The summed E-state index contributed by atoms with van der Waals surface area (Å²) < 4.78 is 5.28. The molecule has 0 saturated carbocycles. The number of hydrogen-bond acceptors (Lipinski definition) is 4. The Bertz CT molecular complexity index is 1200. The van der Waals surface area contributed by atoms with E-state index in [2.05, 4.69) is 20.8 Å². The minimum absolute atomic E-state index is 0.177. The highest BCUT2D eigenvalue weighted by atomic mass is 16.5. The van der Waals surface area contributed by atoms with Crippen LogP contribution in [0.25, 0.3) is 10.9 Å². The van der Waals surface area contributed by atoms with Crippen LogP contribution in [-0.2, 0) is 16.6 Å². The Morgan fingerprint density at radius 3 is 2.42 bits per heavy atom. The molecule has 0 radical (unpaired) electrons. The Morgan fingerprint density at radius 2 is 1.74 bits per heavy atom. The molecule has 158 valence electrons. The van der Waals surface area contributed by atoms with Crippen molar-refractivity contribution >= 4 is 34.2 Å². The molecule has 0 spiro atoms. The topological polar surface area (TPSA) is 100 Å². The van der Waals surface area contributed by atoms with Gasteiger partial charge >= 0.3 is 0 Å². The van der Waals surface area contributed by atoms with Crippen molar-refractivity contribution in [2.24, 2.45) is 0 Å². The molecule has 2 aromatic carbocycles. The molecule has 3 N–H and O–H groups in total. The second-order valence-corrected chi connectivity index (χ2v) is 8.47. The first-order chi connectivity index (χ1) is 14.8. The summed E-state index contributed by atoms with van der Waals surface area (Å²) in [5.74, 6) is 0.695. The van der Waals surface area contributed by atoms with E-state index in [-0.39, 0.29) is 23.7 Å². The fourth-order valence-electron chi connectivity index (χ4n) is 3.16. The number of hydrogen-bond donors (Lipinski definition) is 3. The molecule has 7 heteroatoms. The predicted octanol–water partition coefficient (Wildman–Crippen LogP) is 4.89. The first-order valence-electron chi connectivity index (χ1n) is 10.0. The van der Waals surface area contributed by atoms with E-state index in [9.17, 15) is 9.59 Å². The van der Waals surface area contributed by atoms with Gasteiger partial charge in [-0.05, 0) is 29.8 Å². The van der Waals surface area contributed by atoms with Crippen LogP contribution in [-0.4, -0.2) is 22.0 Å². The van der Waals surface area contributed by atoms with Gasteiger partial charge in [-0.2, -0.15) is 0 Å². The number of para-hydroxylation sites is 1. The van der Waals surface area contributed by atoms with Gasteiger partial charge in [0.2, 0.25) is 5.91 Å². The maximum absolute atomic E-state index is 12.5. The molecule has 7 nitrogen and oxygen atoms in total. The molecule has 2 amide bonds. The van der Waals surface area contributed by atoms with Crippen LogP contribution in [0.5, 0.6) is 0 Å². The Labute approximate surface area is 179 Å². The third-order valence-corrected chi connectivity index (χ3v) is 4.87. The Balaban J connectivity index is 1.35. The van der Waals surface area contributed by atoms with E-state index in [4.69, 9.17) is 4.52 Å². The molecule has 4 aromatic rings. The molecule has 4 rings (SSSR count). The van der Waals surface area contributed by atoms with Gasteiger partial charge in [0.15, 0.2) is 5.82 Å². The summed E-state index contributed by atoms with van der Waals surface area (Å²) in [6, 6.07) is 18.4. The second-order valence-electron chi connectivity index (χ2n) is 8.47. The SMILES string of the molecule is CC(C)(C)c1cc(NC(=O)Cc2ccc(NC(=O)c3cc4ccccc4[nH]3)cc2)no1. The summed E-state index contributed by atoms with van der Waals surface area (Å²) in [7, 11) is 0. The zero-order chi connectivity index (χ0) is 22.0. The molecular weight excluding hydrogens is 392 g/mol. The lowest BCUT2D eigenvalue weighted by Gasteiger charge is -2.12. The third-order valence-electron chi connectivity index (χ3n) is 4.87. The van der Waals surface area contributed by atoms with Gasteiger partial charge in [0.05, 0.1) is 6.42 Å².